The van der Waals surface area contributed by atoms with Gasteiger partial charge in [0.15, 0.2) is 0 Å². The molecule has 90 valence electrons. The molecule has 0 aliphatic heterocycles. The van der Waals surface area contributed by atoms with E-state index in [9.17, 15) is 4.79 Å². The van der Waals surface area contributed by atoms with Crippen LogP contribution in [0, 0.1) is 6.92 Å². The van der Waals surface area contributed by atoms with Gasteiger partial charge in [-0.1, -0.05) is 12.1 Å². The molecule has 0 bridgehead atoms. The summed E-state index contributed by atoms with van der Waals surface area (Å²) in [5, 5.41) is 2.74. The number of rotatable bonds is 4. The minimum Gasteiger partial charge on any atom is -0.370 e. The lowest BCUT2D eigenvalue weighted by Crippen LogP contribution is -2.35. The lowest BCUT2D eigenvalue weighted by molar-refractivity contribution is -0.125. The van der Waals surface area contributed by atoms with Crippen LogP contribution in [0.1, 0.15) is 5.56 Å². The number of anilines is 1. The van der Waals surface area contributed by atoms with E-state index in [0.29, 0.717) is 0 Å². The highest BCUT2D eigenvalue weighted by molar-refractivity contribution is 5.94. The van der Waals surface area contributed by atoms with Gasteiger partial charge in [-0.3, -0.25) is 4.79 Å². The molecule has 16 heavy (non-hydrogen) atoms. The number of hydrogen-bond donors (Lipinski definition) is 2. The maximum Gasteiger partial charge on any atom is 0.254 e. The second-order valence-corrected chi connectivity index (χ2v) is 3.32. The molecule has 0 spiro atoms. The minimum atomic E-state index is -0.592. The topological polar surface area (TPSA) is 64.3 Å². The van der Waals surface area contributed by atoms with Gasteiger partial charge in [0, 0.05) is 19.3 Å². The quantitative estimate of drug-likeness (QED) is 0.840. The Balaban J connectivity index is 0.00000225. The molecule has 0 radical (unpaired) electrons. The molecule has 0 aliphatic carbocycles. The molecule has 0 saturated carbocycles. The predicted octanol–water partition coefficient (Wildman–Crippen LogP) is 1.33. The van der Waals surface area contributed by atoms with Crippen LogP contribution in [0.3, 0.4) is 0 Å². The molecule has 0 aliphatic rings. The first-order valence-corrected chi connectivity index (χ1v) is 4.77. The first-order chi connectivity index (χ1) is 7.17. The van der Waals surface area contributed by atoms with Crippen LogP contribution in [0.15, 0.2) is 24.3 Å². The molecular weight excluding hydrogens is 228 g/mol. The monoisotopic (exact) mass is 244 g/mol. The van der Waals surface area contributed by atoms with Crippen LogP contribution >= 0.6 is 12.4 Å². The number of carbonyl (C=O) groups excluding carboxylic acids is 1. The van der Waals surface area contributed by atoms with Crippen molar-refractivity contribution in [2.24, 2.45) is 5.73 Å². The van der Waals surface area contributed by atoms with E-state index in [2.05, 4.69) is 5.32 Å². The van der Waals surface area contributed by atoms with Crippen LogP contribution in [0.5, 0.6) is 0 Å². The van der Waals surface area contributed by atoms with E-state index in [1.165, 1.54) is 7.11 Å². The summed E-state index contributed by atoms with van der Waals surface area (Å²) >= 11 is 0. The number of ether oxygens (including phenoxy) is 1. The second kappa shape index (κ2) is 7.22. The maximum absolute atomic E-state index is 11.6. The molecule has 1 rings (SSSR count). The van der Waals surface area contributed by atoms with Crippen LogP contribution in [0.4, 0.5) is 5.69 Å². The Bertz CT molecular complexity index is 341. The average molecular weight is 245 g/mol. The van der Waals surface area contributed by atoms with Crippen molar-refractivity contribution in [1.29, 1.82) is 0 Å². The smallest absolute Gasteiger partial charge is 0.254 e. The summed E-state index contributed by atoms with van der Waals surface area (Å²) in [5.74, 6) is -0.217. The van der Waals surface area contributed by atoms with Gasteiger partial charge in [-0.25, -0.2) is 0 Å². The molecule has 1 amide bonds. The molecule has 0 saturated heterocycles. The molecule has 0 aromatic heterocycles. The standard InChI is InChI=1S/C11H16N2O2.ClH/c1-8-4-3-5-9(6-8)13-11(14)10(7-12)15-2;/h3-6,10H,7,12H2,1-2H3,(H,13,14);1H. The van der Waals surface area contributed by atoms with Gasteiger partial charge in [-0.05, 0) is 24.6 Å². The SMILES string of the molecule is COC(CN)C(=O)Nc1cccc(C)c1.Cl. The summed E-state index contributed by atoms with van der Waals surface area (Å²) in [6.45, 7) is 2.14. The number of benzene rings is 1. The Labute approximate surface area is 102 Å². The highest BCUT2D eigenvalue weighted by Gasteiger charge is 2.15. The Morgan fingerprint density at radius 1 is 1.56 bits per heavy atom. The van der Waals surface area contributed by atoms with E-state index >= 15 is 0 Å². The fourth-order valence-electron chi connectivity index (χ4n) is 1.26. The van der Waals surface area contributed by atoms with E-state index in [1.54, 1.807) is 0 Å². The highest BCUT2D eigenvalue weighted by atomic mass is 35.5. The van der Waals surface area contributed by atoms with Crippen molar-refractivity contribution in [3.05, 3.63) is 29.8 Å². The van der Waals surface area contributed by atoms with Crippen LogP contribution in [-0.4, -0.2) is 25.7 Å². The van der Waals surface area contributed by atoms with Crippen molar-refractivity contribution >= 4 is 24.0 Å². The highest BCUT2D eigenvalue weighted by Crippen LogP contribution is 2.09. The molecule has 1 atom stereocenters. The van der Waals surface area contributed by atoms with Gasteiger partial charge in [-0.15, -0.1) is 12.4 Å². The molecule has 1 unspecified atom stereocenters. The number of hydrogen-bond acceptors (Lipinski definition) is 3. The summed E-state index contributed by atoms with van der Waals surface area (Å²) in [5.41, 5.74) is 7.23. The first kappa shape index (κ1) is 14.9. The summed E-state index contributed by atoms with van der Waals surface area (Å²) in [6.07, 6.45) is -0.592. The third kappa shape index (κ3) is 4.18. The Kier molecular flexibility index (Phi) is 6.72. The molecule has 4 nitrogen and oxygen atoms in total. The lowest BCUT2D eigenvalue weighted by atomic mass is 10.2. The molecule has 0 fully saturated rings. The number of aryl methyl sites for hydroxylation is 1. The van der Waals surface area contributed by atoms with E-state index in [4.69, 9.17) is 10.5 Å². The number of nitrogens with two attached hydrogens (primary N) is 1. The van der Waals surface area contributed by atoms with Gasteiger partial charge in [-0.2, -0.15) is 0 Å². The molecule has 1 aromatic carbocycles. The lowest BCUT2D eigenvalue weighted by Gasteiger charge is -2.13. The van der Waals surface area contributed by atoms with Gasteiger partial charge in [0.25, 0.3) is 5.91 Å². The third-order valence-electron chi connectivity index (χ3n) is 2.08. The fraction of sp³-hybridized carbons (Fsp3) is 0.364. The third-order valence-corrected chi connectivity index (χ3v) is 2.08. The number of halogens is 1. The minimum absolute atomic E-state index is 0. The Morgan fingerprint density at radius 3 is 2.75 bits per heavy atom. The molecule has 1 aromatic rings. The van der Waals surface area contributed by atoms with Gasteiger partial charge < -0.3 is 15.8 Å². The summed E-state index contributed by atoms with van der Waals surface area (Å²) in [7, 11) is 1.47. The van der Waals surface area contributed by atoms with Crippen molar-refractivity contribution in [2.75, 3.05) is 19.0 Å². The van der Waals surface area contributed by atoms with E-state index in [-0.39, 0.29) is 24.9 Å². The van der Waals surface area contributed by atoms with E-state index < -0.39 is 6.10 Å². The van der Waals surface area contributed by atoms with Crippen molar-refractivity contribution in [1.82, 2.24) is 0 Å². The maximum atomic E-state index is 11.6. The zero-order chi connectivity index (χ0) is 11.3. The molecule has 3 N–H and O–H groups in total. The van der Waals surface area contributed by atoms with Crippen LogP contribution in [0.25, 0.3) is 0 Å². The summed E-state index contributed by atoms with van der Waals surface area (Å²) < 4.78 is 4.93. The number of nitrogens with one attached hydrogen (secondary N) is 1. The fourth-order valence-corrected chi connectivity index (χ4v) is 1.26. The van der Waals surface area contributed by atoms with Gasteiger partial charge in [0.2, 0.25) is 0 Å². The van der Waals surface area contributed by atoms with E-state index in [1.807, 2.05) is 31.2 Å². The predicted molar refractivity (Wildman–Crippen MR) is 66.9 cm³/mol. The van der Waals surface area contributed by atoms with E-state index in [0.717, 1.165) is 11.3 Å². The zero-order valence-electron chi connectivity index (χ0n) is 9.40. The molecular formula is C11H17ClN2O2. The van der Waals surface area contributed by atoms with Crippen molar-refractivity contribution in [3.8, 4) is 0 Å². The average Bonchev–Trinajstić information content (AvgIpc) is 2.19. The molecule has 0 heterocycles. The number of amides is 1. The summed E-state index contributed by atoms with van der Waals surface area (Å²) in [6, 6.07) is 7.57. The van der Waals surface area contributed by atoms with Crippen LogP contribution in [-0.2, 0) is 9.53 Å². The number of methoxy groups -OCH3 is 1. The Hall–Kier alpha value is -1.10. The van der Waals surface area contributed by atoms with Gasteiger partial charge >= 0.3 is 0 Å². The Morgan fingerprint density at radius 2 is 2.25 bits per heavy atom. The zero-order valence-corrected chi connectivity index (χ0v) is 10.2. The van der Waals surface area contributed by atoms with Crippen LogP contribution < -0.4 is 11.1 Å². The molecule has 5 heteroatoms. The van der Waals surface area contributed by atoms with Crippen molar-refractivity contribution in [3.63, 3.8) is 0 Å². The summed E-state index contributed by atoms with van der Waals surface area (Å²) in [4.78, 5) is 11.6. The van der Waals surface area contributed by atoms with Crippen LogP contribution in [0.2, 0.25) is 0 Å². The first-order valence-electron chi connectivity index (χ1n) is 4.77. The van der Waals surface area contributed by atoms with Crippen molar-refractivity contribution < 1.29 is 9.53 Å². The largest absolute Gasteiger partial charge is 0.370 e. The van der Waals surface area contributed by atoms with Gasteiger partial charge in [0.05, 0.1) is 0 Å². The number of carbonyl (C=O) groups is 1. The van der Waals surface area contributed by atoms with Crippen molar-refractivity contribution in [2.45, 2.75) is 13.0 Å². The second-order valence-electron chi connectivity index (χ2n) is 3.32. The normalized spacial score (nSPS) is 11.4. The van der Waals surface area contributed by atoms with Gasteiger partial charge in [0.1, 0.15) is 6.10 Å².